The van der Waals surface area contributed by atoms with Crippen molar-refractivity contribution < 1.29 is 21.6 Å². The van der Waals surface area contributed by atoms with Gasteiger partial charge in [0.15, 0.2) is 0 Å². The molecule has 2 aromatic heterocycles. The maximum Gasteiger partial charge on any atom is 0.416 e. The van der Waals surface area contributed by atoms with E-state index in [0.717, 1.165) is 29.8 Å². The summed E-state index contributed by atoms with van der Waals surface area (Å²) in [6.07, 6.45) is 0.295. The second kappa shape index (κ2) is 7.45. The minimum atomic E-state index is -4.52. The first-order valence-corrected chi connectivity index (χ1v) is 9.26. The molecule has 9 heteroatoms. The van der Waals surface area contributed by atoms with Gasteiger partial charge < -0.3 is 0 Å². The highest BCUT2D eigenvalue weighted by Crippen LogP contribution is 2.29. The van der Waals surface area contributed by atoms with E-state index >= 15 is 0 Å². The molecule has 2 heterocycles. The van der Waals surface area contributed by atoms with E-state index < -0.39 is 21.8 Å². The Labute approximate surface area is 154 Å². The fraction of sp³-hybridized carbons (Fsp3) is 0.111. The van der Waals surface area contributed by atoms with E-state index in [9.17, 15) is 21.6 Å². The first-order valence-electron chi connectivity index (χ1n) is 7.78. The largest absolute Gasteiger partial charge is 0.416 e. The van der Waals surface area contributed by atoms with E-state index in [-0.39, 0.29) is 11.4 Å². The third kappa shape index (κ3) is 4.69. The molecule has 0 aliphatic rings. The Hall–Kier alpha value is -2.78. The van der Waals surface area contributed by atoms with Gasteiger partial charge in [0.05, 0.1) is 16.2 Å². The molecular weight excluding hydrogens is 379 g/mol. The summed E-state index contributed by atoms with van der Waals surface area (Å²) >= 11 is 0. The summed E-state index contributed by atoms with van der Waals surface area (Å²) in [6, 6.07) is 10.3. The molecule has 140 valence electrons. The molecule has 0 saturated carbocycles. The minimum absolute atomic E-state index is 0.0286. The molecule has 0 saturated heterocycles. The average molecular weight is 393 g/mol. The summed E-state index contributed by atoms with van der Waals surface area (Å²) in [5.74, 6) is 0. The zero-order valence-electron chi connectivity index (χ0n) is 13.8. The summed E-state index contributed by atoms with van der Waals surface area (Å²) in [7, 11) is -3.95. The lowest BCUT2D eigenvalue weighted by Crippen LogP contribution is -2.23. The van der Waals surface area contributed by atoms with Gasteiger partial charge in [-0.3, -0.25) is 9.97 Å². The van der Waals surface area contributed by atoms with Crippen molar-refractivity contribution in [1.82, 2.24) is 14.7 Å². The Balaban J connectivity index is 1.74. The standard InChI is InChI=1S/C18H14F3N3O2S/c19-18(20,21)15-3-5-16(6-4-15)27(25,26)24-11-13-7-9-23-17(10-13)14-2-1-8-22-12-14/h1-10,12,24H,11H2. The van der Waals surface area contributed by atoms with Gasteiger partial charge in [-0.25, -0.2) is 13.1 Å². The minimum Gasteiger partial charge on any atom is -0.264 e. The van der Waals surface area contributed by atoms with Gasteiger partial charge in [-0.2, -0.15) is 13.2 Å². The van der Waals surface area contributed by atoms with Crippen molar-refractivity contribution in [3.8, 4) is 11.3 Å². The molecular formula is C18H14F3N3O2S. The normalized spacial score (nSPS) is 12.1. The second-order valence-corrected chi connectivity index (χ2v) is 7.40. The molecule has 0 aliphatic carbocycles. The maximum absolute atomic E-state index is 12.6. The molecule has 0 fully saturated rings. The lowest BCUT2D eigenvalue weighted by Gasteiger charge is -2.10. The number of alkyl halides is 3. The molecule has 0 spiro atoms. The van der Waals surface area contributed by atoms with Crippen LogP contribution in [0, 0.1) is 0 Å². The molecule has 0 radical (unpaired) electrons. The van der Waals surface area contributed by atoms with Gasteiger partial charge in [0.25, 0.3) is 0 Å². The quantitative estimate of drug-likeness (QED) is 0.718. The van der Waals surface area contributed by atoms with Crippen molar-refractivity contribution >= 4 is 10.0 Å². The molecule has 27 heavy (non-hydrogen) atoms. The van der Waals surface area contributed by atoms with E-state index in [1.807, 2.05) is 6.07 Å². The SMILES string of the molecule is O=S(=O)(NCc1ccnc(-c2cccnc2)c1)c1ccc(C(F)(F)F)cc1. The van der Waals surface area contributed by atoms with Crippen molar-refractivity contribution in [2.75, 3.05) is 0 Å². The zero-order valence-corrected chi connectivity index (χ0v) is 14.6. The highest BCUT2D eigenvalue weighted by Gasteiger charge is 2.30. The molecule has 0 unspecified atom stereocenters. The predicted octanol–water partition coefficient (Wildman–Crippen LogP) is 3.64. The summed E-state index contributed by atoms with van der Waals surface area (Å²) in [5, 5.41) is 0. The van der Waals surface area contributed by atoms with E-state index in [0.29, 0.717) is 11.3 Å². The zero-order chi connectivity index (χ0) is 19.5. The van der Waals surface area contributed by atoms with Crippen molar-refractivity contribution in [3.05, 3.63) is 78.2 Å². The third-order valence-corrected chi connectivity index (χ3v) is 5.16. The van der Waals surface area contributed by atoms with Gasteiger partial charge in [0, 0.05) is 30.7 Å². The van der Waals surface area contributed by atoms with Crippen molar-refractivity contribution in [1.29, 1.82) is 0 Å². The van der Waals surface area contributed by atoms with Crippen LogP contribution in [-0.2, 0) is 22.7 Å². The van der Waals surface area contributed by atoms with E-state index in [1.165, 1.54) is 0 Å². The molecule has 3 aromatic rings. The van der Waals surface area contributed by atoms with Crippen LogP contribution in [0.25, 0.3) is 11.3 Å². The molecule has 0 bridgehead atoms. The third-order valence-electron chi connectivity index (χ3n) is 3.74. The summed E-state index contributed by atoms with van der Waals surface area (Å²) < 4.78 is 64.7. The molecule has 0 amide bonds. The van der Waals surface area contributed by atoms with Gasteiger partial charge in [-0.1, -0.05) is 0 Å². The Morgan fingerprint density at radius 2 is 1.74 bits per heavy atom. The van der Waals surface area contributed by atoms with Crippen molar-refractivity contribution in [2.24, 2.45) is 0 Å². The summed E-state index contributed by atoms with van der Waals surface area (Å²) in [5.41, 5.74) is 1.16. The van der Waals surface area contributed by atoms with E-state index in [2.05, 4.69) is 14.7 Å². The van der Waals surface area contributed by atoms with Gasteiger partial charge in [-0.15, -0.1) is 0 Å². The number of rotatable bonds is 5. The highest BCUT2D eigenvalue weighted by atomic mass is 32.2. The Morgan fingerprint density at radius 1 is 1.00 bits per heavy atom. The average Bonchev–Trinajstić information content (AvgIpc) is 2.67. The Morgan fingerprint density at radius 3 is 2.37 bits per heavy atom. The molecule has 3 rings (SSSR count). The number of benzene rings is 1. The van der Waals surface area contributed by atoms with E-state index in [1.54, 1.807) is 36.8 Å². The number of hydrogen-bond acceptors (Lipinski definition) is 4. The lowest BCUT2D eigenvalue weighted by molar-refractivity contribution is -0.137. The summed E-state index contributed by atoms with van der Waals surface area (Å²) in [6.45, 7) is -0.0286. The van der Waals surface area contributed by atoms with Crippen molar-refractivity contribution in [3.63, 3.8) is 0 Å². The van der Waals surface area contributed by atoms with E-state index in [4.69, 9.17) is 0 Å². The smallest absolute Gasteiger partial charge is 0.264 e. The van der Waals surface area contributed by atoms with Crippen LogP contribution in [0.2, 0.25) is 0 Å². The van der Waals surface area contributed by atoms with Gasteiger partial charge in [0.1, 0.15) is 0 Å². The lowest BCUT2D eigenvalue weighted by atomic mass is 10.1. The van der Waals surface area contributed by atoms with Crippen LogP contribution < -0.4 is 4.72 Å². The van der Waals surface area contributed by atoms with Gasteiger partial charge in [0.2, 0.25) is 10.0 Å². The Bertz CT molecular complexity index is 1020. The number of nitrogens with one attached hydrogen (secondary N) is 1. The van der Waals surface area contributed by atoms with Gasteiger partial charge >= 0.3 is 6.18 Å². The number of nitrogens with zero attached hydrogens (tertiary/aromatic N) is 2. The molecule has 5 nitrogen and oxygen atoms in total. The molecule has 1 N–H and O–H groups in total. The first-order chi connectivity index (χ1) is 12.8. The van der Waals surface area contributed by atoms with Crippen LogP contribution in [-0.4, -0.2) is 18.4 Å². The van der Waals surface area contributed by atoms with Crippen molar-refractivity contribution in [2.45, 2.75) is 17.6 Å². The fourth-order valence-electron chi connectivity index (χ4n) is 2.34. The second-order valence-electron chi connectivity index (χ2n) is 5.64. The van der Waals surface area contributed by atoms with Crippen LogP contribution in [0.1, 0.15) is 11.1 Å². The van der Waals surface area contributed by atoms with Crippen LogP contribution in [0.5, 0.6) is 0 Å². The highest BCUT2D eigenvalue weighted by molar-refractivity contribution is 7.89. The van der Waals surface area contributed by atoms with Crippen LogP contribution in [0.3, 0.4) is 0 Å². The van der Waals surface area contributed by atoms with Crippen LogP contribution >= 0.6 is 0 Å². The number of pyridine rings is 2. The number of halogens is 3. The maximum atomic E-state index is 12.6. The predicted molar refractivity (Wildman–Crippen MR) is 92.9 cm³/mol. The first kappa shape index (κ1) is 19.0. The molecule has 0 aliphatic heterocycles. The Kier molecular flexibility index (Phi) is 5.24. The number of hydrogen-bond donors (Lipinski definition) is 1. The van der Waals surface area contributed by atoms with Gasteiger partial charge in [-0.05, 0) is 54.1 Å². The summed E-state index contributed by atoms with van der Waals surface area (Å²) in [4.78, 5) is 7.99. The molecule has 0 atom stereocenters. The monoisotopic (exact) mass is 393 g/mol. The molecule has 1 aromatic carbocycles. The number of aromatic nitrogens is 2. The number of sulfonamides is 1. The topological polar surface area (TPSA) is 72.0 Å². The van der Waals surface area contributed by atoms with Crippen LogP contribution in [0.4, 0.5) is 13.2 Å². The fourth-order valence-corrected chi connectivity index (χ4v) is 3.36. The van der Waals surface area contributed by atoms with Crippen LogP contribution in [0.15, 0.2) is 72.0 Å².